The molecule has 6 heteroatoms. The van der Waals surface area contributed by atoms with Crippen molar-refractivity contribution in [2.45, 2.75) is 9.79 Å². The highest BCUT2D eigenvalue weighted by Crippen LogP contribution is 2.44. The van der Waals surface area contributed by atoms with Crippen molar-refractivity contribution in [3.63, 3.8) is 0 Å². The number of aromatic amines is 1. The molecule has 0 aliphatic heterocycles. The van der Waals surface area contributed by atoms with Gasteiger partial charge in [0, 0.05) is 26.9 Å². The van der Waals surface area contributed by atoms with Crippen molar-refractivity contribution < 1.29 is 18.6 Å². The lowest BCUT2D eigenvalue weighted by molar-refractivity contribution is 0.323. The van der Waals surface area contributed by atoms with Crippen LogP contribution in [0.2, 0.25) is 0 Å². The number of rotatable bonds is 6. The summed E-state index contributed by atoms with van der Waals surface area (Å²) in [6.45, 7) is 0. The van der Waals surface area contributed by atoms with Crippen molar-refractivity contribution in [2.24, 2.45) is 0 Å². The lowest BCUT2D eigenvalue weighted by atomic mass is 10.1. The summed E-state index contributed by atoms with van der Waals surface area (Å²) < 4.78 is 21.9. The molecule has 0 spiro atoms. The molecule has 2 heterocycles. The third-order valence-electron chi connectivity index (χ3n) is 4.33. The van der Waals surface area contributed by atoms with E-state index in [0.717, 1.165) is 32.0 Å². The van der Waals surface area contributed by atoms with E-state index >= 15 is 0 Å². The number of furan rings is 1. The van der Waals surface area contributed by atoms with Crippen LogP contribution < -0.4 is 14.2 Å². The molecule has 0 atom stereocenters. The molecule has 1 N–H and O–H groups in total. The fourth-order valence-electron chi connectivity index (χ4n) is 3.09. The van der Waals surface area contributed by atoms with Crippen molar-refractivity contribution in [1.29, 1.82) is 0 Å². The van der Waals surface area contributed by atoms with E-state index in [2.05, 4.69) is 11.1 Å². The number of H-pyrrole nitrogens is 1. The maximum absolute atomic E-state index is 5.57. The van der Waals surface area contributed by atoms with E-state index in [4.69, 9.17) is 18.6 Å². The van der Waals surface area contributed by atoms with E-state index in [1.807, 2.05) is 42.6 Å². The molecule has 4 rings (SSSR count). The normalized spacial score (nSPS) is 10.9. The summed E-state index contributed by atoms with van der Waals surface area (Å²) in [6.07, 6.45) is 3.69. The number of ether oxygens (including phenoxy) is 3. The van der Waals surface area contributed by atoms with E-state index < -0.39 is 0 Å². The van der Waals surface area contributed by atoms with Crippen LogP contribution in [0.1, 0.15) is 0 Å². The standard InChI is InChI=1S/C21H19NO4S/c1-23-17-10-13(11-18(24-2)21(17)25-3)27-19-12-22-20-14(6-4-7-15(19)20)16-8-5-9-26-16/h4-12,22H,1-3H3. The molecular formula is C21H19NO4S. The first kappa shape index (κ1) is 17.4. The smallest absolute Gasteiger partial charge is 0.203 e. The Hall–Kier alpha value is -2.99. The molecule has 0 unspecified atom stereocenters. The summed E-state index contributed by atoms with van der Waals surface area (Å²) in [5, 5.41) is 1.13. The monoisotopic (exact) mass is 381 g/mol. The van der Waals surface area contributed by atoms with E-state index in [0.29, 0.717) is 17.2 Å². The van der Waals surface area contributed by atoms with Gasteiger partial charge in [0.25, 0.3) is 0 Å². The molecule has 0 bridgehead atoms. The van der Waals surface area contributed by atoms with Crippen LogP contribution in [0.25, 0.3) is 22.2 Å². The molecule has 0 aliphatic rings. The highest BCUT2D eigenvalue weighted by atomic mass is 32.2. The third-order valence-corrected chi connectivity index (χ3v) is 5.36. The Balaban J connectivity index is 1.76. The number of methoxy groups -OCH3 is 3. The topological polar surface area (TPSA) is 56.6 Å². The van der Waals surface area contributed by atoms with E-state index in [-0.39, 0.29) is 0 Å². The Labute approximate surface area is 161 Å². The zero-order valence-corrected chi connectivity index (χ0v) is 16.1. The van der Waals surface area contributed by atoms with Gasteiger partial charge in [-0.2, -0.15) is 0 Å². The number of hydrogen-bond donors (Lipinski definition) is 1. The Morgan fingerprint density at radius 2 is 1.70 bits per heavy atom. The van der Waals surface area contributed by atoms with Crippen LogP contribution in [-0.2, 0) is 0 Å². The van der Waals surface area contributed by atoms with Crippen LogP contribution in [0.15, 0.2) is 69.1 Å². The molecule has 0 amide bonds. The van der Waals surface area contributed by atoms with Crippen LogP contribution in [-0.4, -0.2) is 26.3 Å². The van der Waals surface area contributed by atoms with Gasteiger partial charge in [0.1, 0.15) is 5.76 Å². The summed E-state index contributed by atoms with van der Waals surface area (Å²) >= 11 is 1.63. The highest BCUT2D eigenvalue weighted by Gasteiger charge is 2.16. The van der Waals surface area contributed by atoms with Crippen molar-refractivity contribution in [3.05, 3.63) is 54.9 Å². The molecule has 0 fully saturated rings. The van der Waals surface area contributed by atoms with Crippen LogP contribution >= 0.6 is 11.8 Å². The first-order chi connectivity index (χ1) is 13.2. The maximum atomic E-state index is 5.57. The first-order valence-electron chi connectivity index (χ1n) is 8.37. The van der Waals surface area contributed by atoms with Gasteiger partial charge in [-0.25, -0.2) is 0 Å². The van der Waals surface area contributed by atoms with Crippen molar-refractivity contribution in [3.8, 4) is 28.6 Å². The maximum Gasteiger partial charge on any atom is 0.203 e. The van der Waals surface area contributed by atoms with Crippen molar-refractivity contribution in [1.82, 2.24) is 4.98 Å². The minimum atomic E-state index is 0.586. The van der Waals surface area contributed by atoms with Crippen LogP contribution in [0.3, 0.4) is 0 Å². The molecular weight excluding hydrogens is 362 g/mol. The van der Waals surface area contributed by atoms with E-state index in [1.165, 1.54) is 0 Å². The minimum Gasteiger partial charge on any atom is -0.493 e. The first-order valence-corrected chi connectivity index (χ1v) is 9.18. The summed E-state index contributed by atoms with van der Waals surface area (Å²) in [6, 6.07) is 13.9. The van der Waals surface area contributed by atoms with Crippen LogP contribution in [0, 0.1) is 0 Å². The zero-order chi connectivity index (χ0) is 18.8. The van der Waals surface area contributed by atoms with Crippen molar-refractivity contribution in [2.75, 3.05) is 21.3 Å². The molecule has 0 saturated heterocycles. The van der Waals surface area contributed by atoms with Gasteiger partial charge in [-0.15, -0.1) is 0 Å². The van der Waals surface area contributed by atoms with E-state index in [1.54, 1.807) is 39.4 Å². The summed E-state index contributed by atoms with van der Waals surface area (Å²) in [5.41, 5.74) is 2.08. The average molecular weight is 381 g/mol. The van der Waals surface area contributed by atoms with Gasteiger partial charge in [0.2, 0.25) is 5.75 Å². The lowest BCUT2D eigenvalue weighted by Gasteiger charge is -2.13. The summed E-state index contributed by atoms with van der Waals surface area (Å²) in [5.74, 6) is 2.70. The Morgan fingerprint density at radius 3 is 2.33 bits per heavy atom. The van der Waals surface area contributed by atoms with E-state index in [9.17, 15) is 0 Å². The van der Waals surface area contributed by atoms with Gasteiger partial charge in [0.15, 0.2) is 11.5 Å². The Morgan fingerprint density at radius 1 is 0.926 bits per heavy atom. The lowest BCUT2D eigenvalue weighted by Crippen LogP contribution is -1.95. The number of hydrogen-bond acceptors (Lipinski definition) is 5. The number of fused-ring (bicyclic) bond motifs is 1. The molecule has 0 aliphatic carbocycles. The van der Waals surface area contributed by atoms with Gasteiger partial charge in [0.05, 0.1) is 33.1 Å². The highest BCUT2D eigenvalue weighted by molar-refractivity contribution is 7.99. The van der Waals surface area contributed by atoms with Crippen molar-refractivity contribution >= 4 is 22.7 Å². The molecule has 0 saturated carbocycles. The Kier molecular flexibility index (Phi) is 4.73. The predicted molar refractivity (Wildman–Crippen MR) is 106 cm³/mol. The van der Waals surface area contributed by atoms with Gasteiger partial charge in [-0.05, 0) is 30.3 Å². The predicted octanol–water partition coefficient (Wildman–Crippen LogP) is 5.60. The SMILES string of the molecule is COc1cc(Sc2c[nH]c3c(-c4ccco4)cccc23)cc(OC)c1OC. The zero-order valence-electron chi connectivity index (χ0n) is 15.2. The fraction of sp³-hybridized carbons (Fsp3) is 0.143. The molecule has 2 aromatic heterocycles. The molecule has 2 aromatic carbocycles. The number of benzene rings is 2. The quantitative estimate of drug-likeness (QED) is 0.471. The fourth-order valence-corrected chi connectivity index (χ4v) is 4.08. The average Bonchev–Trinajstić information content (AvgIpc) is 3.37. The molecule has 27 heavy (non-hydrogen) atoms. The van der Waals surface area contributed by atoms with Gasteiger partial charge >= 0.3 is 0 Å². The third kappa shape index (κ3) is 3.13. The molecule has 5 nitrogen and oxygen atoms in total. The largest absolute Gasteiger partial charge is 0.493 e. The number of nitrogens with one attached hydrogen (secondary N) is 1. The van der Waals surface area contributed by atoms with Gasteiger partial charge < -0.3 is 23.6 Å². The van der Waals surface area contributed by atoms with Crippen LogP contribution in [0.5, 0.6) is 17.2 Å². The minimum absolute atomic E-state index is 0.586. The molecule has 138 valence electrons. The molecule has 4 aromatic rings. The second-order valence-corrected chi connectivity index (χ2v) is 6.94. The number of aromatic nitrogens is 1. The second kappa shape index (κ2) is 7.32. The Bertz CT molecular complexity index is 1040. The van der Waals surface area contributed by atoms with Gasteiger partial charge in [-0.3, -0.25) is 0 Å². The van der Waals surface area contributed by atoms with Crippen LogP contribution in [0.4, 0.5) is 0 Å². The molecule has 0 radical (unpaired) electrons. The second-order valence-electron chi connectivity index (χ2n) is 5.82. The number of para-hydroxylation sites is 1. The van der Waals surface area contributed by atoms with Gasteiger partial charge in [-0.1, -0.05) is 23.9 Å². The summed E-state index contributed by atoms with van der Waals surface area (Å²) in [7, 11) is 4.84. The summed E-state index contributed by atoms with van der Waals surface area (Å²) in [4.78, 5) is 5.48.